The van der Waals surface area contributed by atoms with Crippen molar-refractivity contribution in [2.45, 2.75) is 75.2 Å². The number of nitrogens with zero attached hydrogens (tertiary/aromatic N) is 1. The highest BCUT2D eigenvalue weighted by Crippen LogP contribution is 2.65. The molecule has 0 aromatic heterocycles. The molecule has 2 bridgehead atoms. The minimum absolute atomic E-state index is 0.000273. The molecule has 4 N–H and O–H groups in total. The molecule has 5 atom stereocenters. The molecule has 9 nitrogen and oxygen atoms in total. The number of nitrogens with one attached hydrogen (secondary N) is 2. The van der Waals surface area contributed by atoms with Crippen LogP contribution in [0.3, 0.4) is 0 Å². The molecule has 2 aliphatic heterocycles. The highest BCUT2D eigenvalue weighted by Gasteiger charge is 2.75. The van der Waals surface area contributed by atoms with Crippen molar-refractivity contribution in [2.24, 2.45) is 11.8 Å². The molecule has 7 rings (SSSR count). The number of hydrogen-bond acceptors (Lipinski definition) is 7. The quantitative estimate of drug-likeness (QED) is 0.411. The molecule has 2 heterocycles. The molecule has 0 radical (unpaired) electrons. The van der Waals surface area contributed by atoms with Crippen LogP contribution in [0.25, 0.3) is 0 Å². The number of aromatic hydroxyl groups is 1. The number of ether oxygens (including phenoxy) is 1. The summed E-state index contributed by atoms with van der Waals surface area (Å²) in [6.07, 6.45) is 2.43. The van der Waals surface area contributed by atoms with Gasteiger partial charge in [0.25, 0.3) is 5.91 Å². The van der Waals surface area contributed by atoms with Gasteiger partial charge in [-0.1, -0.05) is 6.07 Å². The number of anilines is 1. The van der Waals surface area contributed by atoms with E-state index in [2.05, 4.69) is 15.5 Å². The van der Waals surface area contributed by atoms with Crippen molar-refractivity contribution in [2.75, 3.05) is 18.4 Å². The molecule has 3 fully saturated rings. The van der Waals surface area contributed by atoms with Crippen LogP contribution in [-0.4, -0.2) is 69.6 Å². The standard InChI is InChI=1S/C31H35N3O6/c1-16(2)32-28(37)18-5-8-20(9-6-18)33-29(38)21-14-31(39)23-13-19-7-10-22(35)26-24(19)30(31,27(40-26)25(21)36)11-12-34(23)15-17-3-4-17/h5-10,16-17,21,23,27,35,39H,3-4,11-15H2,1-2H3,(H,32,37)(H,33,38)/t21?,23-,27+,30+,31-/m1/s1. The van der Waals surface area contributed by atoms with Gasteiger partial charge in [-0.2, -0.15) is 0 Å². The lowest BCUT2D eigenvalue weighted by Gasteiger charge is -2.63. The molecule has 2 amide bonds. The van der Waals surface area contributed by atoms with Gasteiger partial charge in [0.15, 0.2) is 23.4 Å². The predicted molar refractivity (Wildman–Crippen MR) is 146 cm³/mol. The van der Waals surface area contributed by atoms with E-state index in [4.69, 9.17) is 4.74 Å². The van der Waals surface area contributed by atoms with Crippen LogP contribution in [0, 0.1) is 11.8 Å². The molecule has 5 aliphatic rings. The summed E-state index contributed by atoms with van der Waals surface area (Å²) in [6, 6.07) is 9.77. The van der Waals surface area contributed by atoms with Crippen LogP contribution in [0.15, 0.2) is 36.4 Å². The summed E-state index contributed by atoms with van der Waals surface area (Å²) in [4.78, 5) is 42.3. The minimum Gasteiger partial charge on any atom is -0.504 e. The summed E-state index contributed by atoms with van der Waals surface area (Å²) in [5, 5.41) is 29.1. The van der Waals surface area contributed by atoms with Crippen LogP contribution in [-0.2, 0) is 21.4 Å². The van der Waals surface area contributed by atoms with Gasteiger partial charge < -0.3 is 25.6 Å². The molecular formula is C31H35N3O6. The third-order valence-electron chi connectivity index (χ3n) is 9.78. The number of phenolic OH excluding ortho intramolecular Hbond substituents is 1. The normalized spacial score (nSPS) is 31.9. The second-order valence-corrected chi connectivity index (χ2v) is 12.6. The molecular weight excluding hydrogens is 510 g/mol. The summed E-state index contributed by atoms with van der Waals surface area (Å²) < 4.78 is 6.22. The maximum Gasteiger partial charge on any atom is 0.251 e. The number of carbonyl (C=O) groups is 3. The summed E-state index contributed by atoms with van der Waals surface area (Å²) >= 11 is 0. The number of ketones is 1. The van der Waals surface area contributed by atoms with Gasteiger partial charge in [0.1, 0.15) is 5.92 Å². The Labute approximate surface area is 232 Å². The predicted octanol–water partition coefficient (Wildman–Crippen LogP) is 2.53. The fourth-order valence-electron chi connectivity index (χ4n) is 7.80. The maximum absolute atomic E-state index is 14.0. The molecule has 2 aromatic rings. The zero-order valence-electron chi connectivity index (χ0n) is 22.8. The van der Waals surface area contributed by atoms with Gasteiger partial charge in [-0.3, -0.25) is 19.3 Å². The van der Waals surface area contributed by atoms with Crippen LogP contribution in [0.2, 0.25) is 0 Å². The Balaban J connectivity index is 1.21. The Hall–Kier alpha value is -3.43. The van der Waals surface area contributed by atoms with Crippen molar-refractivity contribution in [1.29, 1.82) is 0 Å². The average Bonchev–Trinajstić information content (AvgIpc) is 3.65. The van der Waals surface area contributed by atoms with Crippen molar-refractivity contribution < 1.29 is 29.3 Å². The monoisotopic (exact) mass is 545 g/mol. The highest BCUT2D eigenvalue weighted by atomic mass is 16.5. The van der Waals surface area contributed by atoms with Crippen LogP contribution in [0.4, 0.5) is 5.69 Å². The van der Waals surface area contributed by atoms with E-state index >= 15 is 0 Å². The molecule has 40 heavy (non-hydrogen) atoms. The summed E-state index contributed by atoms with van der Waals surface area (Å²) in [7, 11) is 0. The van der Waals surface area contributed by atoms with Crippen molar-refractivity contribution in [3.63, 3.8) is 0 Å². The van der Waals surface area contributed by atoms with E-state index < -0.39 is 28.9 Å². The first-order chi connectivity index (χ1) is 19.1. The van der Waals surface area contributed by atoms with E-state index in [9.17, 15) is 24.6 Å². The van der Waals surface area contributed by atoms with Gasteiger partial charge in [-0.05, 0) is 94.3 Å². The van der Waals surface area contributed by atoms with Gasteiger partial charge in [0, 0.05) is 35.4 Å². The molecule has 210 valence electrons. The molecule has 2 aromatic carbocycles. The summed E-state index contributed by atoms with van der Waals surface area (Å²) in [5.74, 6) is -1.34. The molecule has 3 aliphatic carbocycles. The number of Topliss-reactive ketones (excluding diaryl/α,β-unsaturated/α-hetero) is 1. The number of likely N-dealkylation sites (tertiary alicyclic amines) is 1. The van der Waals surface area contributed by atoms with Crippen LogP contribution in [0.5, 0.6) is 11.5 Å². The zero-order chi connectivity index (χ0) is 28.0. The van der Waals surface area contributed by atoms with Gasteiger partial charge in [0.2, 0.25) is 5.91 Å². The highest BCUT2D eigenvalue weighted by molar-refractivity contribution is 6.10. The van der Waals surface area contributed by atoms with Crippen molar-refractivity contribution in [3.8, 4) is 11.5 Å². The topological polar surface area (TPSA) is 128 Å². The lowest BCUT2D eigenvalue weighted by Crippen LogP contribution is -2.78. The number of amides is 2. The van der Waals surface area contributed by atoms with Crippen LogP contribution >= 0.6 is 0 Å². The SMILES string of the molecule is CC(C)NC(=O)c1ccc(NC(=O)C2C[C@@]3(O)[C@H]4Cc5ccc(O)c6c5[C@@]3(CCN4CC3CC3)[C@@H](O6)C2=O)cc1. The second kappa shape index (κ2) is 8.78. The third kappa shape index (κ3) is 3.56. The van der Waals surface area contributed by atoms with E-state index in [1.165, 1.54) is 12.8 Å². The molecule has 1 saturated heterocycles. The molecule has 1 spiro atoms. The number of rotatable bonds is 6. The molecule has 9 heteroatoms. The summed E-state index contributed by atoms with van der Waals surface area (Å²) in [6.45, 7) is 5.40. The second-order valence-electron chi connectivity index (χ2n) is 12.6. The first kappa shape index (κ1) is 25.5. The number of hydrogen-bond donors (Lipinski definition) is 4. The first-order valence-electron chi connectivity index (χ1n) is 14.4. The van der Waals surface area contributed by atoms with E-state index in [0.717, 1.165) is 24.2 Å². The largest absolute Gasteiger partial charge is 0.504 e. The Bertz CT molecular complexity index is 1420. The number of aliphatic hydroxyl groups is 1. The number of phenols is 1. The fourth-order valence-corrected chi connectivity index (χ4v) is 7.80. The van der Waals surface area contributed by atoms with Gasteiger partial charge >= 0.3 is 0 Å². The Morgan fingerprint density at radius 3 is 2.60 bits per heavy atom. The molecule has 2 saturated carbocycles. The van der Waals surface area contributed by atoms with Crippen LogP contribution in [0.1, 0.15) is 61.0 Å². The average molecular weight is 546 g/mol. The van der Waals surface area contributed by atoms with Gasteiger partial charge in [-0.15, -0.1) is 0 Å². The van der Waals surface area contributed by atoms with Crippen molar-refractivity contribution in [1.82, 2.24) is 10.2 Å². The number of benzene rings is 2. The van der Waals surface area contributed by atoms with Gasteiger partial charge in [-0.25, -0.2) is 0 Å². The smallest absolute Gasteiger partial charge is 0.251 e. The third-order valence-corrected chi connectivity index (χ3v) is 9.78. The van der Waals surface area contributed by atoms with E-state index in [1.54, 1.807) is 30.3 Å². The summed E-state index contributed by atoms with van der Waals surface area (Å²) in [5.41, 5.74) is 0.327. The van der Waals surface area contributed by atoms with Crippen molar-refractivity contribution in [3.05, 3.63) is 53.1 Å². The Morgan fingerprint density at radius 2 is 1.90 bits per heavy atom. The zero-order valence-corrected chi connectivity index (χ0v) is 22.8. The van der Waals surface area contributed by atoms with Crippen molar-refractivity contribution >= 4 is 23.3 Å². The van der Waals surface area contributed by atoms with E-state index in [1.807, 2.05) is 19.9 Å². The van der Waals surface area contributed by atoms with Crippen LogP contribution < -0.4 is 15.4 Å². The van der Waals surface area contributed by atoms with Gasteiger partial charge in [0.05, 0.1) is 11.0 Å². The number of piperidine rings is 1. The lowest BCUT2D eigenvalue weighted by molar-refractivity contribution is -0.197. The van der Waals surface area contributed by atoms with E-state index in [0.29, 0.717) is 30.0 Å². The molecule has 1 unspecified atom stereocenters. The van der Waals surface area contributed by atoms with E-state index in [-0.39, 0.29) is 41.7 Å². The Kier molecular flexibility index (Phi) is 5.61. The Morgan fingerprint density at radius 1 is 1.15 bits per heavy atom. The maximum atomic E-state index is 14.0. The fraction of sp³-hybridized carbons (Fsp3) is 0.516. The number of carbonyl (C=O) groups excluding carboxylic acids is 3. The first-order valence-corrected chi connectivity index (χ1v) is 14.4. The lowest BCUT2D eigenvalue weighted by atomic mass is 9.47. The minimum atomic E-state index is -1.37.